The second-order valence-corrected chi connectivity index (χ2v) is 9.97. The number of benzene rings is 4. The molecule has 4 aromatic heterocycles. The highest BCUT2D eigenvalue weighted by Crippen LogP contribution is 2.34. The third-order valence-electron chi connectivity index (χ3n) is 7.52. The van der Waals surface area contributed by atoms with Crippen LogP contribution in [0.1, 0.15) is 0 Å². The van der Waals surface area contributed by atoms with Crippen molar-refractivity contribution in [2.45, 2.75) is 0 Å². The van der Waals surface area contributed by atoms with E-state index in [0.717, 1.165) is 71.7 Å². The summed E-state index contributed by atoms with van der Waals surface area (Å²) in [4.78, 5) is 19.4. The lowest BCUT2D eigenvalue weighted by molar-refractivity contribution is 1.36. The van der Waals surface area contributed by atoms with Gasteiger partial charge in [0.1, 0.15) is 0 Å². The lowest BCUT2D eigenvalue weighted by atomic mass is 10.00. The summed E-state index contributed by atoms with van der Waals surface area (Å²) >= 11 is 0. The van der Waals surface area contributed by atoms with E-state index in [9.17, 15) is 0 Å². The summed E-state index contributed by atoms with van der Waals surface area (Å²) < 4.78 is 0. The molecule has 186 valence electrons. The average Bonchev–Trinajstić information content (AvgIpc) is 3.03. The predicted octanol–water partition coefficient (Wildman–Crippen LogP) is 8.88. The Balaban J connectivity index is 1.25. The molecule has 0 bridgehead atoms. The largest absolute Gasteiger partial charge is 0.254 e. The van der Waals surface area contributed by atoms with E-state index >= 15 is 0 Å². The zero-order chi connectivity index (χ0) is 26.5. The highest BCUT2D eigenvalue weighted by atomic mass is 14.7. The number of pyridine rings is 4. The maximum atomic E-state index is 5.13. The molecular weight excluding hydrogens is 488 g/mol. The third kappa shape index (κ3) is 3.77. The Bertz CT molecular complexity index is 2220. The van der Waals surface area contributed by atoms with Crippen LogP contribution in [0.25, 0.3) is 77.3 Å². The van der Waals surface area contributed by atoms with Crippen LogP contribution in [-0.4, -0.2) is 19.9 Å². The van der Waals surface area contributed by atoms with Crippen LogP contribution >= 0.6 is 0 Å². The van der Waals surface area contributed by atoms with E-state index in [1.807, 2.05) is 30.6 Å². The molecule has 0 saturated heterocycles. The highest BCUT2D eigenvalue weighted by Gasteiger charge is 2.12. The van der Waals surface area contributed by atoms with Gasteiger partial charge in [0.05, 0.1) is 33.5 Å². The standard InChI is InChI=1S/C36H22N4/c1-2-6-23(7-3-1)26-12-10-24-14-16-31(39-33(24)21-26)27-13-11-25-15-17-32(40-34(25)22-27)30-20-28-8-4-18-37-35(28)36-29(30)9-5-19-38-36/h1-22H. The Labute approximate surface area is 230 Å². The van der Waals surface area contributed by atoms with Crippen LogP contribution in [0.4, 0.5) is 0 Å². The SMILES string of the molecule is c1ccc(-c2ccc3ccc(-c4ccc5ccc(-c6cc7cccnc7c7ncccc67)nc5c4)nc3c2)cc1. The first-order valence-corrected chi connectivity index (χ1v) is 13.3. The molecule has 0 N–H and O–H groups in total. The first kappa shape index (κ1) is 22.5. The van der Waals surface area contributed by atoms with Gasteiger partial charge in [-0.25, -0.2) is 9.97 Å². The molecule has 0 aliphatic carbocycles. The number of hydrogen-bond donors (Lipinski definition) is 0. The molecule has 0 saturated carbocycles. The van der Waals surface area contributed by atoms with Crippen LogP contribution in [0.5, 0.6) is 0 Å². The summed E-state index contributed by atoms with van der Waals surface area (Å²) in [6.07, 6.45) is 3.63. The normalized spacial score (nSPS) is 11.5. The number of aromatic nitrogens is 4. The molecule has 8 aromatic rings. The molecular formula is C36H22N4. The first-order chi connectivity index (χ1) is 19.8. The van der Waals surface area contributed by atoms with E-state index in [0.29, 0.717) is 0 Å². The van der Waals surface area contributed by atoms with E-state index in [1.165, 1.54) is 5.56 Å². The summed E-state index contributed by atoms with van der Waals surface area (Å²) in [5.41, 5.74) is 9.98. The van der Waals surface area contributed by atoms with E-state index in [2.05, 4.69) is 113 Å². The van der Waals surface area contributed by atoms with Crippen molar-refractivity contribution in [3.05, 3.63) is 134 Å². The van der Waals surface area contributed by atoms with Gasteiger partial charge in [-0.15, -0.1) is 0 Å². The van der Waals surface area contributed by atoms with Crippen LogP contribution in [-0.2, 0) is 0 Å². The molecule has 4 heterocycles. The molecule has 0 fully saturated rings. The smallest absolute Gasteiger partial charge is 0.0971 e. The molecule has 0 aliphatic heterocycles. The van der Waals surface area contributed by atoms with Gasteiger partial charge < -0.3 is 0 Å². The molecule has 0 aliphatic rings. The summed E-state index contributed by atoms with van der Waals surface area (Å²) in [5.74, 6) is 0. The molecule has 4 nitrogen and oxygen atoms in total. The van der Waals surface area contributed by atoms with Crippen molar-refractivity contribution in [3.8, 4) is 33.6 Å². The van der Waals surface area contributed by atoms with Gasteiger partial charge in [0.2, 0.25) is 0 Å². The maximum Gasteiger partial charge on any atom is 0.0971 e. The Kier molecular flexibility index (Phi) is 5.10. The number of fused-ring (bicyclic) bond motifs is 5. The Hall–Kier alpha value is -5.48. The van der Waals surface area contributed by atoms with Crippen molar-refractivity contribution in [3.63, 3.8) is 0 Å². The van der Waals surface area contributed by atoms with E-state index in [-0.39, 0.29) is 0 Å². The quantitative estimate of drug-likeness (QED) is 0.223. The summed E-state index contributed by atoms with van der Waals surface area (Å²) in [6.45, 7) is 0. The number of nitrogens with zero attached hydrogens (tertiary/aromatic N) is 4. The fourth-order valence-electron chi connectivity index (χ4n) is 5.50. The molecule has 0 atom stereocenters. The van der Waals surface area contributed by atoms with E-state index in [4.69, 9.17) is 9.97 Å². The number of rotatable bonds is 3. The third-order valence-corrected chi connectivity index (χ3v) is 7.52. The zero-order valence-electron chi connectivity index (χ0n) is 21.5. The van der Waals surface area contributed by atoms with Crippen molar-refractivity contribution in [2.24, 2.45) is 0 Å². The van der Waals surface area contributed by atoms with Gasteiger partial charge in [-0.3, -0.25) is 9.97 Å². The van der Waals surface area contributed by atoms with Crippen LogP contribution < -0.4 is 0 Å². The van der Waals surface area contributed by atoms with Gasteiger partial charge in [-0.1, -0.05) is 78.9 Å². The average molecular weight is 511 g/mol. The van der Waals surface area contributed by atoms with Crippen LogP contribution in [0, 0.1) is 0 Å². The molecule has 4 heteroatoms. The minimum Gasteiger partial charge on any atom is -0.254 e. The molecule has 40 heavy (non-hydrogen) atoms. The van der Waals surface area contributed by atoms with Gasteiger partial charge in [0.15, 0.2) is 0 Å². The lowest BCUT2D eigenvalue weighted by Crippen LogP contribution is -1.92. The molecule has 0 spiro atoms. The van der Waals surface area contributed by atoms with Gasteiger partial charge in [0.25, 0.3) is 0 Å². The number of hydrogen-bond acceptors (Lipinski definition) is 4. The van der Waals surface area contributed by atoms with Crippen LogP contribution in [0.2, 0.25) is 0 Å². The van der Waals surface area contributed by atoms with Crippen molar-refractivity contribution >= 4 is 43.6 Å². The van der Waals surface area contributed by atoms with Crippen molar-refractivity contribution in [1.82, 2.24) is 19.9 Å². The molecule has 0 amide bonds. The Morgan fingerprint density at radius 1 is 0.400 bits per heavy atom. The fraction of sp³-hybridized carbons (Fsp3) is 0. The molecule has 4 aromatic carbocycles. The molecule has 0 radical (unpaired) electrons. The zero-order valence-corrected chi connectivity index (χ0v) is 21.5. The first-order valence-electron chi connectivity index (χ1n) is 13.3. The Morgan fingerprint density at radius 2 is 1.05 bits per heavy atom. The van der Waals surface area contributed by atoms with E-state index < -0.39 is 0 Å². The summed E-state index contributed by atoms with van der Waals surface area (Å²) in [7, 11) is 0. The van der Waals surface area contributed by atoms with Crippen molar-refractivity contribution in [1.29, 1.82) is 0 Å². The van der Waals surface area contributed by atoms with Gasteiger partial charge >= 0.3 is 0 Å². The topological polar surface area (TPSA) is 51.6 Å². The monoisotopic (exact) mass is 510 g/mol. The van der Waals surface area contributed by atoms with Crippen LogP contribution in [0.3, 0.4) is 0 Å². The second-order valence-electron chi connectivity index (χ2n) is 9.97. The molecule has 8 rings (SSSR count). The minimum atomic E-state index is 0.890. The van der Waals surface area contributed by atoms with Crippen LogP contribution in [0.15, 0.2) is 134 Å². The highest BCUT2D eigenvalue weighted by molar-refractivity contribution is 6.10. The lowest BCUT2D eigenvalue weighted by Gasteiger charge is -2.11. The summed E-state index contributed by atoms with van der Waals surface area (Å²) in [6, 6.07) is 42.0. The van der Waals surface area contributed by atoms with Gasteiger partial charge in [-0.2, -0.15) is 0 Å². The minimum absolute atomic E-state index is 0.890. The second kappa shape index (κ2) is 9.07. The molecule has 0 unspecified atom stereocenters. The maximum absolute atomic E-state index is 5.13. The van der Waals surface area contributed by atoms with E-state index in [1.54, 1.807) is 0 Å². The predicted molar refractivity (Wildman–Crippen MR) is 164 cm³/mol. The van der Waals surface area contributed by atoms with Gasteiger partial charge in [-0.05, 0) is 53.6 Å². The fourth-order valence-corrected chi connectivity index (χ4v) is 5.50. The summed E-state index contributed by atoms with van der Waals surface area (Å²) in [5, 5.41) is 4.30. The van der Waals surface area contributed by atoms with Gasteiger partial charge in [0, 0.05) is 45.1 Å². The van der Waals surface area contributed by atoms with Crippen molar-refractivity contribution < 1.29 is 0 Å². The van der Waals surface area contributed by atoms with Crippen molar-refractivity contribution in [2.75, 3.05) is 0 Å². The Morgan fingerprint density at radius 3 is 1.88 bits per heavy atom.